The molecule has 4 heteroatoms. The summed E-state index contributed by atoms with van der Waals surface area (Å²) in [5.41, 5.74) is -0.0636. The van der Waals surface area contributed by atoms with Crippen molar-refractivity contribution >= 4 is 0 Å². The maximum atomic E-state index is 9.81. The lowest BCUT2D eigenvalue weighted by Gasteiger charge is -2.33. The van der Waals surface area contributed by atoms with Crippen LogP contribution >= 0.6 is 0 Å². The third-order valence-electron chi connectivity index (χ3n) is 4.43. The van der Waals surface area contributed by atoms with E-state index >= 15 is 0 Å². The Balaban J connectivity index is 2.37. The fraction of sp³-hybridized carbons (Fsp3) is 1.00. The summed E-state index contributed by atoms with van der Waals surface area (Å²) in [7, 11) is 1.76. The summed E-state index contributed by atoms with van der Waals surface area (Å²) >= 11 is 0. The van der Waals surface area contributed by atoms with E-state index in [-0.39, 0.29) is 12.1 Å². The number of ether oxygens (including phenoxy) is 1. The second-order valence-corrected chi connectivity index (χ2v) is 7.00. The van der Waals surface area contributed by atoms with Crippen molar-refractivity contribution < 1.29 is 9.84 Å². The fourth-order valence-corrected chi connectivity index (χ4v) is 2.92. The fourth-order valence-electron chi connectivity index (χ4n) is 2.92. The van der Waals surface area contributed by atoms with Crippen molar-refractivity contribution in [2.24, 2.45) is 5.92 Å². The van der Waals surface area contributed by atoms with Gasteiger partial charge in [-0.25, -0.2) is 0 Å². The highest BCUT2D eigenvalue weighted by Gasteiger charge is 2.33. The highest BCUT2D eigenvalue weighted by Crippen LogP contribution is 2.26. The molecule has 1 aliphatic carbocycles. The van der Waals surface area contributed by atoms with Gasteiger partial charge in [-0.05, 0) is 44.6 Å². The van der Waals surface area contributed by atoms with E-state index in [9.17, 15) is 5.11 Å². The number of rotatable bonds is 13. The third kappa shape index (κ3) is 7.59. The number of hydrogen-bond acceptors (Lipinski definition) is 4. The molecule has 1 fully saturated rings. The van der Waals surface area contributed by atoms with Crippen LogP contribution < -0.4 is 5.32 Å². The first-order chi connectivity index (χ1) is 10.0. The van der Waals surface area contributed by atoms with Crippen LogP contribution in [0.25, 0.3) is 0 Å². The van der Waals surface area contributed by atoms with Gasteiger partial charge in [0.1, 0.15) is 0 Å². The van der Waals surface area contributed by atoms with E-state index < -0.39 is 0 Å². The van der Waals surface area contributed by atoms with Crippen LogP contribution in [0, 0.1) is 5.92 Å². The van der Waals surface area contributed by atoms with Crippen LogP contribution in [0.2, 0.25) is 0 Å². The Kier molecular flexibility index (Phi) is 8.79. The number of aliphatic hydroxyl groups is 1. The first kappa shape index (κ1) is 18.9. The molecule has 0 aromatic heterocycles. The van der Waals surface area contributed by atoms with E-state index in [0.29, 0.717) is 12.0 Å². The quantitative estimate of drug-likeness (QED) is 0.548. The number of nitrogens with zero attached hydrogens (tertiary/aromatic N) is 1. The van der Waals surface area contributed by atoms with Gasteiger partial charge in [0.05, 0.1) is 13.2 Å². The molecule has 0 bridgehead atoms. The minimum Gasteiger partial charge on any atom is -0.394 e. The number of hydrogen-bond donors (Lipinski definition) is 2. The first-order valence-corrected chi connectivity index (χ1v) is 8.65. The predicted octanol–water partition coefficient (Wildman–Crippen LogP) is 2.26. The lowest BCUT2D eigenvalue weighted by atomic mass is 9.90. The van der Waals surface area contributed by atoms with Crippen molar-refractivity contribution in [3.63, 3.8) is 0 Å². The van der Waals surface area contributed by atoms with Crippen LogP contribution in [0.5, 0.6) is 0 Å². The summed E-state index contributed by atoms with van der Waals surface area (Å²) in [4.78, 5) is 2.49. The van der Waals surface area contributed by atoms with Crippen LogP contribution in [0.15, 0.2) is 0 Å². The van der Waals surface area contributed by atoms with Gasteiger partial charge < -0.3 is 20.1 Å². The van der Waals surface area contributed by atoms with Crippen molar-refractivity contribution in [3.05, 3.63) is 0 Å². The van der Waals surface area contributed by atoms with E-state index in [2.05, 4.69) is 31.0 Å². The Morgan fingerprint density at radius 1 is 1.33 bits per heavy atom. The Morgan fingerprint density at radius 2 is 2.05 bits per heavy atom. The van der Waals surface area contributed by atoms with Gasteiger partial charge in [0, 0.05) is 31.8 Å². The molecule has 0 saturated heterocycles. The van der Waals surface area contributed by atoms with Gasteiger partial charge in [-0.2, -0.15) is 0 Å². The van der Waals surface area contributed by atoms with E-state index in [4.69, 9.17) is 4.74 Å². The topological polar surface area (TPSA) is 44.7 Å². The standard InChI is InChI=1S/C17H36N2O2/c1-5-17(14-20,18-16-7-8-16)9-6-10-19(11-12-21-4)13-15(2)3/h15-16,18,20H,5-14H2,1-4H3. The van der Waals surface area contributed by atoms with Crippen molar-refractivity contribution in [3.8, 4) is 0 Å². The largest absolute Gasteiger partial charge is 0.394 e. The molecule has 0 amide bonds. The Morgan fingerprint density at radius 3 is 2.52 bits per heavy atom. The number of methoxy groups -OCH3 is 1. The smallest absolute Gasteiger partial charge is 0.0613 e. The minimum absolute atomic E-state index is 0.0636. The summed E-state index contributed by atoms with van der Waals surface area (Å²) < 4.78 is 5.21. The molecular formula is C17H36N2O2. The molecule has 0 spiro atoms. The van der Waals surface area contributed by atoms with Crippen LogP contribution in [0.3, 0.4) is 0 Å². The maximum absolute atomic E-state index is 9.81. The highest BCUT2D eigenvalue weighted by atomic mass is 16.5. The van der Waals surface area contributed by atoms with Crippen LogP contribution in [0.4, 0.5) is 0 Å². The van der Waals surface area contributed by atoms with Gasteiger partial charge in [-0.3, -0.25) is 0 Å². The molecule has 126 valence electrons. The summed E-state index contributed by atoms with van der Waals surface area (Å²) in [5, 5.41) is 13.5. The molecule has 1 rings (SSSR count). The lowest BCUT2D eigenvalue weighted by molar-refractivity contribution is 0.120. The number of nitrogens with one attached hydrogen (secondary N) is 1. The maximum Gasteiger partial charge on any atom is 0.0613 e. The first-order valence-electron chi connectivity index (χ1n) is 8.65. The Labute approximate surface area is 131 Å². The Hall–Kier alpha value is -0.160. The zero-order chi connectivity index (χ0) is 15.7. The summed E-state index contributed by atoms with van der Waals surface area (Å²) in [5.74, 6) is 0.681. The molecule has 2 N–H and O–H groups in total. The number of aliphatic hydroxyl groups excluding tert-OH is 1. The van der Waals surface area contributed by atoms with Crippen molar-refractivity contribution in [1.82, 2.24) is 10.2 Å². The summed E-state index contributed by atoms with van der Waals surface area (Å²) in [6.07, 6.45) is 5.73. The molecule has 4 nitrogen and oxygen atoms in total. The van der Waals surface area contributed by atoms with Crippen LogP contribution in [-0.2, 0) is 4.74 Å². The molecular weight excluding hydrogens is 264 g/mol. The monoisotopic (exact) mass is 300 g/mol. The lowest BCUT2D eigenvalue weighted by Crippen LogP contribution is -2.49. The zero-order valence-electron chi connectivity index (χ0n) is 14.5. The zero-order valence-corrected chi connectivity index (χ0v) is 14.5. The highest BCUT2D eigenvalue weighted by molar-refractivity contribution is 4.94. The normalized spacial score (nSPS) is 18.4. The SMILES string of the molecule is CCC(CO)(CCCN(CCOC)CC(C)C)NC1CC1. The molecule has 1 saturated carbocycles. The molecule has 1 aliphatic rings. The third-order valence-corrected chi connectivity index (χ3v) is 4.43. The molecule has 0 aliphatic heterocycles. The van der Waals surface area contributed by atoms with E-state index in [1.54, 1.807) is 7.11 Å². The second kappa shape index (κ2) is 9.78. The van der Waals surface area contributed by atoms with Crippen LogP contribution in [-0.4, -0.2) is 61.5 Å². The van der Waals surface area contributed by atoms with Gasteiger partial charge >= 0.3 is 0 Å². The van der Waals surface area contributed by atoms with E-state index in [1.807, 2.05) is 0 Å². The van der Waals surface area contributed by atoms with E-state index in [0.717, 1.165) is 45.5 Å². The van der Waals surface area contributed by atoms with Crippen molar-refractivity contribution in [2.45, 2.75) is 64.5 Å². The molecule has 0 aromatic carbocycles. The second-order valence-electron chi connectivity index (χ2n) is 7.00. The van der Waals surface area contributed by atoms with Crippen molar-refractivity contribution in [1.29, 1.82) is 0 Å². The van der Waals surface area contributed by atoms with Crippen LogP contribution in [0.1, 0.15) is 52.9 Å². The predicted molar refractivity (Wildman–Crippen MR) is 88.7 cm³/mol. The average Bonchev–Trinajstić information content (AvgIpc) is 3.26. The summed E-state index contributed by atoms with van der Waals surface area (Å²) in [6.45, 7) is 11.0. The van der Waals surface area contributed by atoms with Gasteiger partial charge in [0.25, 0.3) is 0 Å². The molecule has 0 radical (unpaired) electrons. The van der Waals surface area contributed by atoms with Gasteiger partial charge in [-0.15, -0.1) is 0 Å². The molecule has 1 unspecified atom stereocenters. The Bertz CT molecular complexity index is 264. The minimum atomic E-state index is -0.0636. The van der Waals surface area contributed by atoms with Gasteiger partial charge in [0.2, 0.25) is 0 Å². The molecule has 0 aromatic rings. The van der Waals surface area contributed by atoms with Gasteiger partial charge in [-0.1, -0.05) is 20.8 Å². The molecule has 21 heavy (non-hydrogen) atoms. The van der Waals surface area contributed by atoms with Gasteiger partial charge in [0.15, 0.2) is 0 Å². The molecule has 0 heterocycles. The van der Waals surface area contributed by atoms with Crippen molar-refractivity contribution in [2.75, 3.05) is 40.0 Å². The average molecular weight is 300 g/mol. The molecule has 1 atom stereocenters. The summed E-state index contributed by atoms with van der Waals surface area (Å²) in [6, 6.07) is 0.650. The van der Waals surface area contributed by atoms with E-state index in [1.165, 1.54) is 12.8 Å².